The van der Waals surface area contributed by atoms with Crippen molar-refractivity contribution in [3.05, 3.63) is 28.8 Å². The highest BCUT2D eigenvalue weighted by molar-refractivity contribution is 6.33. The summed E-state index contributed by atoms with van der Waals surface area (Å²) in [5, 5.41) is 14.1. The summed E-state index contributed by atoms with van der Waals surface area (Å²) in [6.07, 6.45) is 0.359. The fourth-order valence-electron chi connectivity index (χ4n) is 2.02. The molecular weight excluding hydrogens is 210 g/mol. The van der Waals surface area contributed by atoms with Crippen LogP contribution < -0.4 is 5.32 Å². The molecule has 0 saturated heterocycles. The van der Waals surface area contributed by atoms with Crippen molar-refractivity contribution in [3.63, 3.8) is 0 Å². The SMILES string of the molecule is CC(C)C1CC(O)c2cccc(Cl)c2N1. The molecule has 1 aromatic carbocycles. The zero-order chi connectivity index (χ0) is 11.0. The Balaban J connectivity index is 2.37. The van der Waals surface area contributed by atoms with E-state index in [0.717, 1.165) is 17.7 Å². The molecule has 0 aliphatic carbocycles. The van der Waals surface area contributed by atoms with E-state index in [1.165, 1.54) is 0 Å². The number of aliphatic hydroxyl groups excluding tert-OH is 1. The van der Waals surface area contributed by atoms with Crippen LogP contribution in [0.25, 0.3) is 0 Å². The molecule has 0 aromatic heterocycles. The molecule has 0 fully saturated rings. The number of benzene rings is 1. The van der Waals surface area contributed by atoms with Gasteiger partial charge in [0.2, 0.25) is 0 Å². The second kappa shape index (κ2) is 4.03. The summed E-state index contributed by atoms with van der Waals surface area (Å²) in [6, 6.07) is 5.95. The fraction of sp³-hybridized carbons (Fsp3) is 0.500. The molecule has 1 aliphatic heterocycles. The van der Waals surface area contributed by atoms with Crippen LogP contribution in [-0.4, -0.2) is 11.1 Å². The highest BCUT2D eigenvalue weighted by atomic mass is 35.5. The first-order valence-corrected chi connectivity index (χ1v) is 5.70. The molecule has 0 amide bonds. The Morgan fingerprint density at radius 3 is 2.87 bits per heavy atom. The van der Waals surface area contributed by atoms with Crippen LogP contribution in [0.1, 0.15) is 31.9 Å². The van der Waals surface area contributed by atoms with E-state index in [0.29, 0.717) is 17.0 Å². The molecule has 82 valence electrons. The maximum atomic E-state index is 10.0. The Labute approximate surface area is 95.3 Å². The van der Waals surface area contributed by atoms with Crippen LogP contribution in [0.5, 0.6) is 0 Å². The Morgan fingerprint density at radius 2 is 2.20 bits per heavy atom. The first-order chi connectivity index (χ1) is 7.09. The van der Waals surface area contributed by atoms with E-state index in [9.17, 15) is 5.11 Å². The molecule has 2 nitrogen and oxygen atoms in total. The summed E-state index contributed by atoms with van der Waals surface area (Å²) in [5.41, 5.74) is 1.82. The third-order valence-electron chi connectivity index (χ3n) is 3.02. The van der Waals surface area contributed by atoms with Crippen molar-refractivity contribution in [2.24, 2.45) is 5.92 Å². The first kappa shape index (κ1) is 10.8. The lowest BCUT2D eigenvalue weighted by Gasteiger charge is -2.33. The van der Waals surface area contributed by atoms with Crippen molar-refractivity contribution in [2.45, 2.75) is 32.4 Å². The van der Waals surface area contributed by atoms with E-state index in [1.54, 1.807) is 0 Å². The lowest BCUT2D eigenvalue weighted by molar-refractivity contribution is 0.148. The normalized spacial score (nSPS) is 24.9. The summed E-state index contributed by atoms with van der Waals surface area (Å²) in [4.78, 5) is 0. The number of anilines is 1. The topological polar surface area (TPSA) is 32.3 Å². The van der Waals surface area contributed by atoms with E-state index in [1.807, 2.05) is 18.2 Å². The minimum absolute atomic E-state index is 0.299. The number of hydrogen-bond donors (Lipinski definition) is 2. The summed E-state index contributed by atoms with van der Waals surface area (Å²) in [6.45, 7) is 4.29. The van der Waals surface area contributed by atoms with Gasteiger partial charge in [0.25, 0.3) is 0 Å². The largest absolute Gasteiger partial charge is 0.388 e. The second-order valence-corrected chi connectivity index (χ2v) is 4.86. The molecule has 1 heterocycles. The summed E-state index contributed by atoms with van der Waals surface area (Å²) < 4.78 is 0. The van der Waals surface area contributed by atoms with Gasteiger partial charge in [-0.3, -0.25) is 0 Å². The monoisotopic (exact) mass is 225 g/mol. The van der Waals surface area contributed by atoms with Gasteiger partial charge in [-0.25, -0.2) is 0 Å². The summed E-state index contributed by atoms with van der Waals surface area (Å²) >= 11 is 6.10. The van der Waals surface area contributed by atoms with Gasteiger partial charge in [0.05, 0.1) is 16.8 Å². The zero-order valence-corrected chi connectivity index (χ0v) is 9.75. The van der Waals surface area contributed by atoms with E-state index in [-0.39, 0.29) is 0 Å². The number of hydrogen-bond acceptors (Lipinski definition) is 2. The van der Waals surface area contributed by atoms with Crippen molar-refractivity contribution < 1.29 is 5.11 Å². The molecule has 2 N–H and O–H groups in total. The van der Waals surface area contributed by atoms with Crippen molar-refractivity contribution >= 4 is 17.3 Å². The maximum Gasteiger partial charge on any atom is 0.0830 e. The summed E-state index contributed by atoms with van der Waals surface area (Å²) in [7, 11) is 0. The molecule has 2 atom stereocenters. The molecule has 1 aliphatic rings. The van der Waals surface area contributed by atoms with Gasteiger partial charge < -0.3 is 10.4 Å². The van der Waals surface area contributed by atoms with Crippen LogP contribution in [0, 0.1) is 5.92 Å². The van der Waals surface area contributed by atoms with Crippen molar-refractivity contribution in [3.8, 4) is 0 Å². The molecule has 3 heteroatoms. The Kier molecular flexibility index (Phi) is 2.89. The molecule has 0 saturated carbocycles. The molecule has 2 rings (SSSR count). The highest BCUT2D eigenvalue weighted by Crippen LogP contribution is 2.38. The molecule has 1 aromatic rings. The van der Waals surface area contributed by atoms with Crippen LogP contribution in [0.2, 0.25) is 5.02 Å². The molecular formula is C12H16ClNO. The number of rotatable bonds is 1. The van der Waals surface area contributed by atoms with E-state index in [2.05, 4.69) is 19.2 Å². The smallest absolute Gasteiger partial charge is 0.0830 e. The number of fused-ring (bicyclic) bond motifs is 1. The van der Waals surface area contributed by atoms with E-state index in [4.69, 9.17) is 11.6 Å². The van der Waals surface area contributed by atoms with Gasteiger partial charge in [-0.1, -0.05) is 37.6 Å². The van der Waals surface area contributed by atoms with Crippen LogP contribution in [0.15, 0.2) is 18.2 Å². The van der Waals surface area contributed by atoms with Gasteiger partial charge in [-0.15, -0.1) is 0 Å². The lowest BCUT2D eigenvalue weighted by atomic mass is 9.89. The van der Waals surface area contributed by atoms with E-state index < -0.39 is 6.10 Å². The van der Waals surface area contributed by atoms with Gasteiger partial charge in [-0.2, -0.15) is 0 Å². The van der Waals surface area contributed by atoms with Crippen molar-refractivity contribution in [1.29, 1.82) is 0 Å². The average molecular weight is 226 g/mol. The molecule has 0 spiro atoms. The summed E-state index contributed by atoms with van der Waals surface area (Å²) in [5.74, 6) is 0.490. The second-order valence-electron chi connectivity index (χ2n) is 4.45. The molecule has 15 heavy (non-hydrogen) atoms. The predicted octanol–water partition coefficient (Wildman–Crippen LogP) is 3.21. The van der Waals surface area contributed by atoms with Gasteiger partial charge in [0.15, 0.2) is 0 Å². The van der Waals surface area contributed by atoms with Crippen LogP contribution in [-0.2, 0) is 0 Å². The van der Waals surface area contributed by atoms with Crippen LogP contribution >= 0.6 is 11.6 Å². The number of para-hydroxylation sites is 1. The molecule has 0 bridgehead atoms. The van der Waals surface area contributed by atoms with Crippen LogP contribution in [0.4, 0.5) is 5.69 Å². The van der Waals surface area contributed by atoms with Gasteiger partial charge in [0, 0.05) is 11.6 Å². The average Bonchev–Trinajstić information content (AvgIpc) is 2.19. The Hall–Kier alpha value is -0.730. The quantitative estimate of drug-likeness (QED) is 0.769. The van der Waals surface area contributed by atoms with Crippen LogP contribution in [0.3, 0.4) is 0 Å². The number of nitrogens with one attached hydrogen (secondary N) is 1. The van der Waals surface area contributed by atoms with Gasteiger partial charge in [-0.05, 0) is 18.4 Å². The van der Waals surface area contributed by atoms with Gasteiger partial charge >= 0.3 is 0 Å². The molecule has 0 radical (unpaired) electrons. The minimum atomic E-state index is -0.396. The highest BCUT2D eigenvalue weighted by Gasteiger charge is 2.27. The number of halogens is 1. The minimum Gasteiger partial charge on any atom is -0.388 e. The Bertz CT molecular complexity index is 365. The standard InChI is InChI=1S/C12H16ClNO/c1-7(2)10-6-11(15)8-4-3-5-9(13)12(8)14-10/h3-5,7,10-11,14-15H,6H2,1-2H3. The van der Waals surface area contributed by atoms with Gasteiger partial charge in [0.1, 0.15) is 0 Å². The third kappa shape index (κ3) is 1.97. The maximum absolute atomic E-state index is 10.0. The van der Waals surface area contributed by atoms with Crippen molar-refractivity contribution in [2.75, 3.05) is 5.32 Å². The lowest BCUT2D eigenvalue weighted by Crippen LogP contribution is -2.32. The van der Waals surface area contributed by atoms with E-state index >= 15 is 0 Å². The third-order valence-corrected chi connectivity index (χ3v) is 3.33. The fourth-order valence-corrected chi connectivity index (χ4v) is 2.26. The predicted molar refractivity (Wildman–Crippen MR) is 63.3 cm³/mol. The first-order valence-electron chi connectivity index (χ1n) is 5.32. The Morgan fingerprint density at radius 1 is 1.47 bits per heavy atom. The molecule has 2 unspecified atom stereocenters. The number of aliphatic hydroxyl groups is 1. The zero-order valence-electron chi connectivity index (χ0n) is 9.00. The van der Waals surface area contributed by atoms with Crippen molar-refractivity contribution in [1.82, 2.24) is 0 Å².